The van der Waals surface area contributed by atoms with Crippen molar-refractivity contribution in [2.24, 2.45) is 0 Å². The number of pyridine rings is 1. The van der Waals surface area contributed by atoms with Crippen LogP contribution in [0, 0.1) is 0 Å². The zero-order valence-corrected chi connectivity index (χ0v) is 14.7. The number of rotatable bonds is 4. The summed E-state index contributed by atoms with van der Waals surface area (Å²) in [6.07, 6.45) is 7.96. The van der Waals surface area contributed by atoms with Crippen molar-refractivity contribution in [3.63, 3.8) is 0 Å². The third kappa shape index (κ3) is 4.40. The molecule has 0 unspecified atom stereocenters. The Morgan fingerprint density at radius 2 is 1.75 bits per heavy atom. The van der Waals surface area contributed by atoms with Gasteiger partial charge in [0.05, 0.1) is 21.9 Å². The van der Waals surface area contributed by atoms with Crippen LogP contribution in [0.5, 0.6) is 0 Å². The molecule has 0 bridgehead atoms. The monoisotopic (exact) mass is 363 g/mol. The van der Waals surface area contributed by atoms with E-state index in [1.165, 1.54) is 32.1 Å². The van der Waals surface area contributed by atoms with Gasteiger partial charge in [0.2, 0.25) is 0 Å². The minimum absolute atomic E-state index is 0.280. The highest BCUT2D eigenvalue weighted by Crippen LogP contribution is 2.25. The fourth-order valence-electron chi connectivity index (χ4n) is 2.87. The fraction of sp³-hybridized carbons (Fsp3) is 0.333. The number of hydrogen-bond acceptors (Lipinski definition) is 3. The Kier molecular flexibility index (Phi) is 5.59. The summed E-state index contributed by atoms with van der Waals surface area (Å²) in [6.45, 7) is 0. The van der Waals surface area contributed by atoms with Gasteiger partial charge in [0.15, 0.2) is 0 Å². The topological polar surface area (TPSA) is 54.0 Å². The number of nitrogens with one attached hydrogen (secondary N) is 2. The zero-order valence-electron chi connectivity index (χ0n) is 13.2. The highest BCUT2D eigenvalue weighted by Gasteiger charge is 2.14. The summed E-state index contributed by atoms with van der Waals surface area (Å²) in [5.41, 5.74) is 1.89. The third-order valence-corrected chi connectivity index (χ3v) is 4.89. The summed E-state index contributed by atoms with van der Waals surface area (Å²) >= 11 is 11.8. The smallest absolute Gasteiger partial charge is 0.274 e. The molecule has 1 aromatic heterocycles. The van der Waals surface area contributed by atoms with Gasteiger partial charge in [-0.05, 0) is 43.2 Å². The van der Waals surface area contributed by atoms with Gasteiger partial charge in [-0.3, -0.25) is 4.79 Å². The van der Waals surface area contributed by atoms with Gasteiger partial charge in [0.1, 0.15) is 5.69 Å². The maximum atomic E-state index is 12.2. The summed E-state index contributed by atoms with van der Waals surface area (Å²) in [5, 5.41) is 7.09. The number of halogens is 2. The Labute approximate surface area is 151 Å². The van der Waals surface area contributed by atoms with E-state index in [1.54, 1.807) is 30.5 Å². The van der Waals surface area contributed by atoms with Crippen molar-refractivity contribution in [2.45, 2.75) is 38.1 Å². The van der Waals surface area contributed by atoms with Crippen molar-refractivity contribution in [1.82, 2.24) is 4.98 Å². The van der Waals surface area contributed by atoms with Crippen molar-refractivity contribution in [3.05, 3.63) is 52.3 Å². The van der Waals surface area contributed by atoms with Crippen LogP contribution in [0.1, 0.15) is 42.6 Å². The molecule has 3 rings (SSSR count). The second-order valence-electron chi connectivity index (χ2n) is 5.99. The molecular weight excluding hydrogens is 345 g/mol. The van der Waals surface area contributed by atoms with Crippen LogP contribution < -0.4 is 10.6 Å². The Hall–Kier alpha value is -1.78. The van der Waals surface area contributed by atoms with Crippen LogP contribution in [-0.2, 0) is 0 Å². The van der Waals surface area contributed by atoms with E-state index in [0.29, 0.717) is 27.5 Å². The molecule has 1 heterocycles. The SMILES string of the molecule is O=C(Nc1ccc(Cl)c(Cl)c1)c1ccc(NC2CCCCC2)cn1. The highest BCUT2D eigenvalue weighted by molar-refractivity contribution is 6.42. The number of amides is 1. The van der Waals surface area contributed by atoms with Crippen LogP contribution in [0.25, 0.3) is 0 Å². The molecule has 4 nitrogen and oxygen atoms in total. The minimum Gasteiger partial charge on any atom is -0.381 e. The molecule has 1 amide bonds. The van der Waals surface area contributed by atoms with E-state index >= 15 is 0 Å². The van der Waals surface area contributed by atoms with Gasteiger partial charge < -0.3 is 10.6 Å². The first-order chi connectivity index (χ1) is 11.6. The molecule has 0 atom stereocenters. The molecule has 24 heavy (non-hydrogen) atoms. The molecule has 1 aromatic carbocycles. The number of benzene rings is 1. The molecule has 0 spiro atoms. The fourth-order valence-corrected chi connectivity index (χ4v) is 3.16. The van der Waals surface area contributed by atoms with Crippen LogP contribution >= 0.6 is 23.2 Å². The summed E-state index contributed by atoms with van der Waals surface area (Å²) in [4.78, 5) is 16.5. The number of nitrogens with zero attached hydrogens (tertiary/aromatic N) is 1. The number of anilines is 2. The summed E-state index contributed by atoms with van der Waals surface area (Å²) in [7, 11) is 0. The Bertz CT molecular complexity index is 713. The number of carbonyl (C=O) groups is 1. The van der Waals surface area contributed by atoms with Crippen molar-refractivity contribution in [2.75, 3.05) is 10.6 Å². The van der Waals surface area contributed by atoms with Gasteiger partial charge in [-0.15, -0.1) is 0 Å². The lowest BCUT2D eigenvalue weighted by molar-refractivity contribution is 0.102. The van der Waals surface area contributed by atoms with E-state index in [9.17, 15) is 4.79 Å². The molecule has 1 aliphatic carbocycles. The first kappa shape index (κ1) is 17.1. The molecule has 126 valence electrons. The number of carbonyl (C=O) groups excluding carboxylic acids is 1. The average Bonchev–Trinajstić information content (AvgIpc) is 2.60. The predicted octanol–water partition coefficient (Wildman–Crippen LogP) is 5.39. The summed E-state index contributed by atoms with van der Waals surface area (Å²) in [5.74, 6) is -0.280. The average molecular weight is 364 g/mol. The van der Waals surface area contributed by atoms with Crippen LogP contribution in [0.4, 0.5) is 11.4 Å². The molecule has 2 aromatic rings. The maximum absolute atomic E-state index is 12.2. The Morgan fingerprint density at radius 3 is 2.42 bits per heavy atom. The standard InChI is InChI=1S/C18H19Cl2N3O/c19-15-8-6-13(10-16(15)20)23-18(24)17-9-7-14(11-21-17)22-12-4-2-1-3-5-12/h6-12,22H,1-5H2,(H,23,24). The largest absolute Gasteiger partial charge is 0.381 e. The van der Waals surface area contributed by atoms with Gasteiger partial charge in [0.25, 0.3) is 5.91 Å². The van der Waals surface area contributed by atoms with Gasteiger partial charge in [-0.2, -0.15) is 0 Å². The maximum Gasteiger partial charge on any atom is 0.274 e. The summed E-state index contributed by atoms with van der Waals surface area (Å²) < 4.78 is 0. The van der Waals surface area contributed by atoms with E-state index < -0.39 is 0 Å². The van der Waals surface area contributed by atoms with Crippen LogP contribution in [0.3, 0.4) is 0 Å². The van der Waals surface area contributed by atoms with Crippen LogP contribution in [-0.4, -0.2) is 16.9 Å². The minimum atomic E-state index is -0.280. The molecule has 6 heteroatoms. The van der Waals surface area contributed by atoms with E-state index in [0.717, 1.165) is 5.69 Å². The normalized spacial score (nSPS) is 15.1. The number of hydrogen-bond donors (Lipinski definition) is 2. The quantitative estimate of drug-likeness (QED) is 0.765. The van der Waals surface area contributed by atoms with Crippen molar-refractivity contribution < 1.29 is 4.79 Å². The second-order valence-corrected chi connectivity index (χ2v) is 6.81. The lowest BCUT2D eigenvalue weighted by Crippen LogP contribution is -2.22. The highest BCUT2D eigenvalue weighted by atomic mass is 35.5. The number of aromatic nitrogens is 1. The molecule has 0 saturated heterocycles. The van der Waals surface area contributed by atoms with Crippen molar-refractivity contribution in [1.29, 1.82) is 0 Å². The molecule has 1 fully saturated rings. The first-order valence-corrected chi connectivity index (χ1v) is 8.86. The second kappa shape index (κ2) is 7.86. The Morgan fingerprint density at radius 1 is 1.00 bits per heavy atom. The lowest BCUT2D eigenvalue weighted by Gasteiger charge is -2.23. The van der Waals surface area contributed by atoms with E-state index in [4.69, 9.17) is 23.2 Å². The molecule has 1 saturated carbocycles. The third-order valence-electron chi connectivity index (χ3n) is 4.15. The van der Waals surface area contributed by atoms with Crippen LogP contribution in [0.15, 0.2) is 36.5 Å². The Balaban J connectivity index is 1.61. The van der Waals surface area contributed by atoms with Crippen molar-refractivity contribution >= 4 is 40.5 Å². The van der Waals surface area contributed by atoms with E-state index in [-0.39, 0.29) is 5.91 Å². The van der Waals surface area contributed by atoms with Gasteiger partial charge >= 0.3 is 0 Å². The molecular formula is C18H19Cl2N3O. The van der Waals surface area contributed by atoms with Gasteiger partial charge in [-0.25, -0.2) is 4.98 Å². The first-order valence-electron chi connectivity index (χ1n) is 8.11. The van der Waals surface area contributed by atoms with E-state index in [2.05, 4.69) is 15.6 Å². The van der Waals surface area contributed by atoms with Crippen LogP contribution in [0.2, 0.25) is 10.0 Å². The van der Waals surface area contributed by atoms with Crippen molar-refractivity contribution in [3.8, 4) is 0 Å². The molecule has 2 N–H and O–H groups in total. The molecule has 0 aliphatic heterocycles. The van der Waals surface area contributed by atoms with E-state index in [1.807, 2.05) is 6.07 Å². The molecule has 0 radical (unpaired) electrons. The molecule has 1 aliphatic rings. The van der Waals surface area contributed by atoms with Gasteiger partial charge in [0, 0.05) is 11.7 Å². The van der Waals surface area contributed by atoms with Gasteiger partial charge in [-0.1, -0.05) is 42.5 Å². The zero-order chi connectivity index (χ0) is 16.9. The summed E-state index contributed by atoms with van der Waals surface area (Å²) in [6, 6.07) is 9.08. The predicted molar refractivity (Wildman–Crippen MR) is 99.1 cm³/mol. The lowest BCUT2D eigenvalue weighted by atomic mass is 9.95.